The first kappa shape index (κ1) is 13.9. The second kappa shape index (κ2) is 5.22. The molecule has 0 saturated carbocycles. The molecule has 2 atom stereocenters. The molecule has 0 fully saturated rings. The molecule has 1 aromatic rings. The fraction of sp³-hybridized carbons (Fsp3) is 0.231. The lowest BCUT2D eigenvalue weighted by atomic mass is 9.81. The minimum atomic E-state index is -1.70. The first-order valence-electron chi connectivity index (χ1n) is 5.90. The van der Waals surface area contributed by atoms with E-state index in [9.17, 15) is 14.9 Å². The Kier molecular flexibility index (Phi) is 3.62. The summed E-state index contributed by atoms with van der Waals surface area (Å²) in [5.74, 6) is -1.22. The summed E-state index contributed by atoms with van der Waals surface area (Å²) >= 11 is 0. The summed E-state index contributed by atoms with van der Waals surface area (Å²) in [6, 6.07) is 4.14. The third-order valence-corrected chi connectivity index (χ3v) is 3.24. The molecule has 0 saturated heterocycles. The van der Waals surface area contributed by atoms with Crippen molar-refractivity contribution in [3.05, 3.63) is 64.0 Å². The highest BCUT2D eigenvalue weighted by atomic mass is 16.6. The van der Waals surface area contributed by atoms with E-state index in [1.54, 1.807) is 18.2 Å². The van der Waals surface area contributed by atoms with Crippen LogP contribution in [0.15, 0.2) is 48.2 Å². The van der Waals surface area contributed by atoms with Gasteiger partial charge in [0.2, 0.25) is 0 Å². The van der Waals surface area contributed by atoms with Crippen LogP contribution in [0.1, 0.15) is 5.69 Å². The van der Waals surface area contributed by atoms with E-state index in [1.807, 2.05) is 0 Å². The molecule has 7 nitrogen and oxygen atoms in total. The Hall–Kier alpha value is -2.54. The Balaban J connectivity index is 2.46. The zero-order valence-electron chi connectivity index (χ0n) is 10.5. The van der Waals surface area contributed by atoms with Crippen molar-refractivity contribution in [2.24, 2.45) is 5.73 Å². The molecule has 0 spiro atoms. The number of hydrogen-bond donors (Lipinski definition) is 2. The molecular weight excluding hydrogens is 262 g/mol. The van der Waals surface area contributed by atoms with Gasteiger partial charge in [0.1, 0.15) is 0 Å². The van der Waals surface area contributed by atoms with Crippen molar-refractivity contribution in [1.29, 1.82) is 0 Å². The van der Waals surface area contributed by atoms with E-state index in [2.05, 4.69) is 4.98 Å². The van der Waals surface area contributed by atoms with Crippen LogP contribution in [0, 0.1) is 10.1 Å². The summed E-state index contributed by atoms with van der Waals surface area (Å²) in [5, 5.41) is 20.5. The lowest BCUT2D eigenvalue weighted by molar-refractivity contribution is -0.556. The van der Waals surface area contributed by atoms with Gasteiger partial charge in [0.15, 0.2) is 0 Å². The Bertz CT molecular complexity index is 597. The molecule has 1 heterocycles. The number of carbonyl (C=O) groups is 1. The van der Waals surface area contributed by atoms with Gasteiger partial charge in [0, 0.05) is 22.9 Å². The molecule has 0 unspecified atom stereocenters. The largest absolute Gasteiger partial charge is 0.478 e. The van der Waals surface area contributed by atoms with Crippen LogP contribution in [0.25, 0.3) is 0 Å². The van der Waals surface area contributed by atoms with Gasteiger partial charge < -0.3 is 10.8 Å². The van der Waals surface area contributed by atoms with Crippen LogP contribution >= 0.6 is 0 Å². The fourth-order valence-electron chi connectivity index (χ4n) is 2.12. The number of nitrogens with two attached hydrogens (primary N) is 1. The van der Waals surface area contributed by atoms with Crippen molar-refractivity contribution < 1.29 is 14.8 Å². The van der Waals surface area contributed by atoms with Crippen LogP contribution in [-0.4, -0.2) is 32.6 Å². The van der Waals surface area contributed by atoms with Gasteiger partial charge in [0.25, 0.3) is 5.54 Å². The normalized spacial score (nSPS) is 25.1. The monoisotopic (exact) mass is 275 g/mol. The van der Waals surface area contributed by atoms with E-state index in [4.69, 9.17) is 10.8 Å². The quantitative estimate of drug-likeness (QED) is 0.611. The molecule has 7 heteroatoms. The number of carboxylic acid groups (broad SMARTS) is 1. The lowest BCUT2D eigenvalue weighted by Gasteiger charge is -2.28. The first-order chi connectivity index (χ1) is 9.45. The maximum atomic E-state index is 11.5. The van der Waals surface area contributed by atoms with Gasteiger partial charge in [-0.15, -0.1) is 0 Å². The highest BCUT2D eigenvalue weighted by molar-refractivity contribution is 5.90. The van der Waals surface area contributed by atoms with E-state index >= 15 is 0 Å². The van der Waals surface area contributed by atoms with E-state index in [0.717, 1.165) is 6.08 Å². The number of carboxylic acids is 1. The molecule has 0 radical (unpaired) electrons. The van der Waals surface area contributed by atoms with Gasteiger partial charge in [0.05, 0.1) is 18.0 Å². The third kappa shape index (κ3) is 2.43. The zero-order valence-corrected chi connectivity index (χ0v) is 10.5. The minimum absolute atomic E-state index is 0.0663. The van der Waals surface area contributed by atoms with Crippen LogP contribution in [0.4, 0.5) is 0 Å². The first-order valence-corrected chi connectivity index (χ1v) is 5.90. The lowest BCUT2D eigenvalue weighted by Crippen LogP contribution is -2.54. The molecule has 1 aromatic heterocycles. The Morgan fingerprint density at radius 3 is 2.85 bits per heavy atom. The number of rotatable bonds is 4. The summed E-state index contributed by atoms with van der Waals surface area (Å²) in [4.78, 5) is 26.0. The van der Waals surface area contributed by atoms with Gasteiger partial charge >= 0.3 is 5.97 Å². The second-order valence-corrected chi connectivity index (χ2v) is 4.54. The topological polar surface area (TPSA) is 119 Å². The molecule has 1 aliphatic carbocycles. The highest BCUT2D eigenvalue weighted by Gasteiger charge is 2.48. The zero-order chi connectivity index (χ0) is 14.8. The summed E-state index contributed by atoms with van der Waals surface area (Å²) in [6.45, 7) is 0. The maximum absolute atomic E-state index is 11.5. The van der Waals surface area contributed by atoms with Crippen molar-refractivity contribution in [3.63, 3.8) is 0 Å². The number of hydrogen-bond acceptors (Lipinski definition) is 5. The van der Waals surface area contributed by atoms with Crippen molar-refractivity contribution >= 4 is 5.97 Å². The maximum Gasteiger partial charge on any atom is 0.335 e. The molecular formula is C13H13N3O4. The number of pyridine rings is 1. The van der Waals surface area contributed by atoms with Crippen molar-refractivity contribution in [1.82, 2.24) is 4.98 Å². The summed E-state index contributed by atoms with van der Waals surface area (Å²) in [5.41, 5.74) is 4.48. The van der Waals surface area contributed by atoms with Gasteiger partial charge in [-0.25, -0.2) is 4.79 Å². The van der Waals surface area contributed by atoms with E-state index in [0.29, 0.717) is 5.69 Å². The van der Waals surface area contributed by atoms with E-state index < -0.39 is 22.5 Å². The van der Waals surface area contributed by atoms with Gasteiger partial charge in [-0.1, -0.05) is 12.1 Å². The number of aromatic nitrogens is 1. The van der Waals surface area contributed by atoms with Crippen LogP contribution in [0.5, 0.6) is 0 Å². The standard InChI is InChI=1S/C13H13N3O4/c14-11-5-4-9(12(17)18)7-13(11,16(19)20)8-10-3-1-2-6-15-10/h1-7,11H,8,14H2,(H,17,18)/t11-,13+/m0/s1. The van der Waals surface area contributed by atoms with Gasteiger partial charge in [-0.3, -0.25) is 15.1 Å². The van der Waals surface area contributed by atoms with Crippen LogP contribution in [-0.2, 0) is 11.2 Å². The minimum Gasteiger partial charge on any atom is -0.478 e. The molecule has 0 aliphatic heterocycles. The van der Waals surface area contributed by atoms with E-state index in [-0.39, 0.29) is 12.0 Å². The SMILES string of the molecule is N[C@H]1C=CC(C(=O)O)=C[C@]1(Cc1ccccn1)[N+](=O)[O-]. The molecule has 1 aliphatic rings. The second-order valence-electron chi connectivity index (χ2n) is 4.54. The number of nitro groups is 1. The highest BCUT2D eigenvalue weighted by Crippen LogP contribution is 2.28. The smallest absolute Gasteiger partial charge is 0.335 e. The Labute approximate surface area is 114 Å². The molecule has 0 amide bonds. The summed E-state index contributed by atoms with van der Waals surface area (Å²) < 4.78 is 0. The average Bonchev–Trinajstić information content (AvgIpc) is 2.42. The molecule has 104 valence electrons. The van der Waals surface area contributed by atoms with Gasteiger partial charge in [-0.2, -0.15) is 0 Å². The van der Waals surface area contributed by atoms with Gasteiger partial charge in [-0.05, 0) is 18.2 Å². The molecule has 0 bridgehead atoms. The molecule has 3 N–H and O–H groups in total. The Morgan fingerprint density at radius 2 is 2.30 bits per heavy atom. The summed E-state index contributed by atoms with van der Waals surface area (Å²) in [7, 11) is 0. The number of aliphatic carboxylic acids is 1. The van der Waals surface area contributed by atoms with Crippen molar-refractivity contribution in [3.8, 4) is 0 Å². The van der Waals surface area contributed by atoms with Crippen molar-refractivity contribution in [2.75, 3.05) is 0 Å². The molecule has 0 aromatic carbocycles. The van der Waals surface area contributed by atoms with Crippen LogP contribution in [0.3, 0.4) is 0 Å². The van der Waals surface area contributed by atoms with Crippen LogP contribution in [0.2, 0.25) is 0 Å². The number of nitrogens with zero attached hydrogens (tertiary/aromatic N) is 2. The third-order valence-electron chi connectivity index (χ3n) is 3.24. The summed E-state index contributed by atoms with van der Waals surface area (Å²) in [6.07, 6.45) is 5.19. The van der Waals surface area contributed by atoms with Crippen molar-refractivity contribution in [2.45, 2.75) is 18.0 Å². The van der Waals surface area contributed by atoms with E-state index in [1.165, 1.54) is 18.3 Å². The Morgan fingerprint density at radius 1 is 1.55 bits per heavy atom. The van der Waals surface area contributed by atoms with Crippen LogP contribution < -0.4 is 5.73 Å². The molecule has 20 heavy (non-hydrogen) atoms. The molecule has 2 rings (SSSR count). The fourth-order valence-corrected chi connectivity index (χ4v) is 2.12. The predicted molar refractivity (Wildman–Crippen MR) is 70.5 cm³/mol. The average molecular weight is 275 g/mol. The predicted octanol–water partition coefficient (Wildman–Crippen LogP) is 0.548.